The Hall–Kier alpha value is -3.66. The summed E-state index contributed by atoms with van der Waals surface area (Å²) < 4.78 is 27.5. The molecule has 39 heavy (non-hydrogen) atoms. The molecular formula is C24H26N8O4S3. The number of nitrogens with one attached hydrogen (secondary N) is 2. The molecule has 0 unspecified atom stereocenters. The normalized spacial score (nSPS) is 11.5. The van der Waals surface area contributed by atoms with Gasteiger partial charge in [-0.15, -0.1) is 20.4 Å². The molecule has 15 heteroatoms. The highest BCUT2D eigenvalue weighted by Crippen LogP contribution is 2.24. The van der Waals surface area contributed by atoms with Crippen LogP contribution >= 0.6 is 23.1 Å². The smallest absolute Gasteiger partial charge is 0.251 e. The highest BCUT2D eigenvalue weighted by molar-refractivity contribution is 7.99. The topological polar surface area (TPSA) is 152 Å². The van der Waals surface area contributed by atoms with Crippen LogP contribution in [-0.2, 0) is 21.4 Å². The first-order valence-corrected chi connectivity index (χ1v) is 14.8. The van der Waals surface area contributed by atoms with Gasteiger partial charge in [-0.1, -0.05) is 35.2 Å². The van der Waals surface area contributed by atoms with E-state index in [0.29, 0.717) is 21.7 Å². The van der Waals surface area contributed by atoms with Gasteiger partial charge in [-0.3, -0.25) is 19.5 Å². The molecule has 0 aliphatic carbocycles. The Balaban J connectivity index is 1.49. The summed E-state index contributed by atoms with van der Waals surface area (Å²) in [6.45, 7) is 3.81. The van der Waals surface area contributed by atoms with E-state index in [1.165, 1.54) is 61.5 Å². The summed E-state index contributed by atoms with van der Waals surface area (Å²) in [4.78, 5) is 25.4. The monoisotopic (exact) mass is 586 g/mol. The second-order valence-electron chi connectivity index (χ2n) is 8.53. The van der Waals surface area contributed by atoms with Crippen molar-refractivity contribution in [1.82, 2.24) is 34.6 Å². The average Bonchev–Trinajstić information content (AvgIpc) is 3.51. The average molecular weight is 587 g/mol. The van der Waals surface area contributed by atoms with Gasteiger partial charge in [-0.2, -0.15) is 0 Å². The molecule has 0 radical (unpaired) electrons. The summed E-state index contributed by atoms with van der Waals surface area (Å²) in [7, 11) is -0.711. The zero-order chi connectivity index (χ0) is 28.2. The van der Waals surface area contributed by atoms with Gasteiger partial charge in [0.2, 0.25) is 21.1 Å². The molecule has 0 fully saturated rings. The van der Waals surface area contributed by atoms with Crippen molar-refractivity contribution in [3.8, 4) is 5.69 Å². The van der Waals surface area contributed by atoms with Crippen molar-refractivity contribution in [2.24, 2.45) is 0 Å². The minimum absolute atomic E-state index is 0.0499. The van der Waals surface area contributed by atoms with Crippen molar-refractivity contribution in [2.45, 2.75) is 30.4 Å². The zero-order valence-electron chi connectivity index (χ0n) is 21.6. The first-order chi connectivity index (χ1) is 18.5. The number of hydrogen-bond donors (Lipinski definition) is 2. The molecule has 2 aromatic heterocycles. The lowest BCUT2D eigenvalue weighted by atomic mass is 10.2. The van der Waals surface area contributed by atoms with E-state index in [2.05, 4.69) is 31.0 Å². The van der Waals surface area contributed by atoms with Crippen molar-refractivity contribution in [3.63, 3.8) is 0 Å². The largest absolute Gasteiger partial charge is 0.345 e. The Labute approximate surface area is 233 Å². The van der Waals surface area contributed by atoms with Crippen LogP contribution in [-0.4, -0.2) is 69.3 Å². The van der Waals surface area contributed by atoms with E-state index in [1.54, 1.807) is 11.5 Å². The van der Waals surface area contributed by atoms with Gasteiger partial charge < -0.3 is 5.32 Å². The number of amides is 2. The lowest BCUT2D eigenvalue weighted by molar-refractivity contribution is -0.113. The Kier molecular flexibility index (Phi) is 8.74. The molecule has 0 spiro atoms. The lowest BCUT2D eigenvalue weighted by Gasteiger charge is -2.12. The summed E-state index contributed by atoms with van der Waals surface area (Å²) in [5.41, 5.74) is 2.10. The van der Waals surface area contributed by atoms with Crippen molar-refractivity contribution in [3.05, 3.63) is 70.5 Å². The predicted molar refractivity (Wildman–Crippen MR) is 149 cm³/mol. The molecule has 0 bridgehead atoms. The van der Waals surface area contributed by atoms with Gasteiger partial charge in [0.05, 0.1) is 17.2 Å². The Morgan fingerprint density at radius 2 is 1.77 bits per heavy atom. The van der Waals surface area contributed by atoms with Gasteiger partial charge in [0.1, 0.15) is 5.01 Å². The molecule has 0 saturated carbocycles. The molecule has 2 N–H and O–H groups in total. The number of anilines is 1. The summed E-state index contributed by atoms with van der Waals surface area (Å²) >= 11 is 2.48. The number of sulfonamides is 1. The Bertz CT molecular complexity index is 1600. The molecule has 4 rings (SSSR count). The van der Waals surface area contributed by atoms with Crippen molar-refractivity contribution >= 4 is 50.1 Å². The van der Waals surface area contributed by atoms with Crippen molar-refractivity contribution < 1.29 is 18.0 Å². The summed E-state index contributed by atoms with van der Waals surface area (Å²) in [5.74, 6) is -0.131. The fourth-order valence-corrected chi connectivity index (χ4v) is 5.70. The number of nitrogens with zero attached hydrogens (tertiary/aromatic N) is 6. The molecule has 2 amide bonds. The van der Waals surface area contributed by atoms with Crippen LogP contribution in [0.3, 0.4) is 0 Å². The van der Waals surface area contributed by atoms with Gasteiger partial charge in [0.15, 0.2) is 11.0 Å². The number of carbonyl (C=O) groups is 2. The standard InChI is InChI=1S/C24H26N8O4S3/c1-15-6-5-7-18(12-15)32-20(28-30-24(32)37-14-21(33)26-23-29-27-16(2)38-23)13-25-22(34)17-8-10-19(11-9-17)39(35,36)31(3)4/h5-12H,13-14H2,1-4H3,(H,25,34)(H,26,29,33). The maximum Gasteiger partial charge on any atom is 0.251 e. The third kappa shape index (κ3) is 6.86. The third-order valence-electron chi connectivity index (χ3n) is 5.37. The van der Waals surface area contributed by atoms with Crippen LogP contribution in [0.4, 0.5) is 5.13 Å². The fraction of sp³-hybridized carbons (Fsp3) is 0.250. The second-order valence-corrected chi connectivity index (χ2v) is 12.8. The van der Waals surface area contributed by atoms with Crippen LogP contribution in [0.5, 0.6) is 0 Å². The van der Waals surface area contributed by atoms with Gasteiger partial charge in [0, 0.05) is 25.3 Å². The lowest BCUT2D eigenvalue weighted by Crippen LogP contribution is -2.25. The van der Waals surface area contributed by atoms with Crippen LogP contribution in [0.1, 0.15) is 26.8 Å². The van der Waals surface area contributed by atoms with E-state index in [0.717, 1.165) is 20.6 Å². The van der Waals surface area contributed by atoms with E-state index >= 15 is 0 Å². The molecule has 0 aliphatic rings. The van der Waals surface area contributed by atoms with Gasteiger partial charge >= 0.3 is 0 Å². The van der Waals surface area contributed by atoms with Crippen molar-refractivity contribution in [2.75, 3.05) is 25.2 Å². The van der Waals surface area contributed by atoms with Crippen molar-refractivity contribution in [1.29, 1.82) is 0 Å². The van der Waals surface area contributed by atoms with Crippen LogP contribution in [0.15, 0.2) is 58.6 Å². The zero-order valence-corrected chi connectivity index (χ0v) is 24.0. The van der Waals surface area contributed by atoms with Crippen LogP contribution in [0, 0.1) is 13.8 Å². The first kappa shape index (κ1) is 28.4. The van der Waals surface area contributed by atoms with E-state index in [-0.39, 0.29) is 23.1 Å². The maximum absolute atomic E-state index is 12.8. The predicted octanol–water partition coefficient (Wildman–Crippen LogP) is 2.65. The number of carbonyl (C=O) groups excluding carboxylic acids is 2. The Morgan fingerprint density at radius 3 is 2.41 bits per heavy atom. The van der Waals surface area contributed by atoms with Crippen LogP contribution < -0.4 is 10.6 Å². The summed E-state index contributed by atoms with van der Waals surface area (Å²) in [5, 5.41) is 23.5. The van der Waals surface area contributed by atoms with Crippen LogP contribution in [0.25, 0.3) is 5.69 Å². The number of aryl methyl sites for hydroxylation is 2. The van der Waals surface area contributed by atoms with E-state index < -0.39 is 15.9 Å². The minimum atomic E-state index is -3.60. The SMILES string of the molecule is Cc1cccc(-n2c(CNC(=O)c3ccc(S(=O)(=O)N(C)C)cc3)nnc2SCC(=O)Nc2nnc(C)s2)c1. The van der Waals surface area contributed by atoms with Gasteiger partial charge in [-0.05, 0) is 55.8 Å². The highest BCUT2D eigenvalue weighted by Gasteiger charge is 2.20. The van der Waals surface area contributed by atoms with E-state index in [1.807, 2.05) is 31.2 Å². The molecule has 2 aromatic carbocycles. The molecule has 12 nitrogen and oxygen atoms in total. The Morgan fingerprint density at radius 1 is 1.03 bits per heavy atom. The third-order valence-corrected chi connectivity index (χ3v) is 8.88. The van der Waals surface area contributed by atoms with Crippen LogP contribution in [0.2, 0.25) is 0 Å². The van der Waals surface area contributed by atoms with E-state index in [4.69, 9.17) is 0 Å². The highest BCUT2D eigenvalue weighted by atomic mass is 32.2. The molecule has 0 aliphatic heterocycles. The summed E-state index contributed by atoms with van der Waals surface area (Å²) in [6, 6.07) is 13.4. The number of hydrogen-bond acceptors (Lipinski definition) is 10. The quantitative estimate of drug-likeness (QED) is 0.267. The number of aromatic nitrogens is 5. The maximum atomic E-state index is 12.8. The molecule has 204 valence electrons. The van der Waals surface area contributed by atoms with Gasteiger partial charge in [0.25, 0.3) is 5.91 Å². The second kappa shape index (κ2) is 12.0. The number of benzene rings is 2. The van der Waals surface area contributed by atoms with Gasteiger partial charge in [-0.25, -0.2) is 12.7 Å². The molecular weight excluding hydrogens is 561 g/mol. The molecule has 2 heterocycles. The fourth-order valence-electron chi connectivity index (χ4n) is 3.42. The minimum Gasteiger partial charge on any atom is -0.345 e. The molecule has 0 saturated heterocycles. The molecule has 0 atom stereocenters. The number of rotatable bonds is 10. The summed E-state index contributed by atoms with van der Waals surface area (Å²) in [6.07, 6.45) is 0. The van der Waals surface area contributed by atoms with E-state index in [9.17, 15) is 18.0 Å². The molecule has 4 aromatic rings. The number of thioether (sulfide) groups is 1. The first-order valence-electron chi connectivity index (χ1n) is 11.6.